The molecule has 1 aliphatic rings. The lowest BCUT2D eigenvalue weighted by Crippen LogP contribution is -2.48. The lowest BCUT2D eigenvalue weighted by Gasteiger charge is -2.33. The topological polar surface area (TPSA) is 86.9 Å². The van der Waals surface area contributed by atoms with Crippen LogP contribution in [0, 0.1) is 0 Å². The van der Waals surface area contributed by atoms with E-state index in [1.807, 2.05) is 4.90 Å². The molecule has 1 N–H and O–H groups in total. The van der Waals surface area contributed by atoms with Gasteiger partial charge in [-0.3, -0.25) is 4.79 Å². The predicted molar refractivity (Wildman–Crippen MR) is 57.9 cm³/mol. The van der Waals surface area contributed by atoms with Gasteiger partial charge in [0.2, 0.25) is 5.91 Å². The van der Waals surface area contributed by atoms with Crippen LogP contribution in [0.3, 0.4) is 0 Å². The maximum absolute atomic E-state index is 11.1. The molecular formula is C10H13N3O4. The summed E-state index contributed by atoms with van der Waals surface area (Å²) in [7, 11) is 0. The van der Waals surface area contributed by atoms with Crippen molar-refractivity contribution in [2.24, 2.45) is 0 Å². The van der Waals surface area contributed by atoms with Crippen molar-refractivity contribution in [3.63, 3.8) is 0 Å². The van der Waals surface area contributed by atoms with Crippen LogP contribution < -0.4 is 4.90 Å². The minimum absolute atomic E-state index is 0.0447. The monoisotopic (exact) mass is 239 g/mol. The average Bonchev–Trinajstić information content (AvgIpc) is 2.78. The molecule has 0 spiro atoms. The number of hydrogen-bond donors (Lipinski definition) is 1. The number of amides is 1. The van der Waals surface area contributed by atoms with Crippen LogP contribution in [-0.4, -0.2) is 53.0 Å². The SMILES string of the molecule is CC(=O)N1CCN(c2nc(C(=O)O)co2)CC1. The summed E-state index contributed by atoms with van der Waals surface area (Å²) < 4.78 is 5.09. The first-order valence-electron chi connectivity index (χ1n) is 5.27. The molecule has 2 rings (SSSR count). The zero-order valence-corrected chi connectivity index (χ0v) is 9.42. The Morgan fingerprint density at radius 2 is 2.00 bits per heavy atom. The molecule has 2 heterocycles. The lowest BCUT2D eigenvalue weighted by molar-refractivity contribution is -0.129. The molecule has 7 nitrogen and oxygen atoms in total. The second-order valence-electron chi connectivity index (χ2n) is 3.81. The number of carbonyl (C=O) groups excluding carboxylic acids is 1. The van der Waals surface area contributed by atoms with E-state index < -0.39 is 5.97 Å². The maximum Gasteiger partial charge on any atom is 0.357 e. The number of anilines is 1. The van der Waals surface area contributed by atoms with E-state index in [2.05, 4.69) is 4.98 Å². The summed E-state index contributed by atoms with van der Waals surface area (Å²) in [5, 5.41) is 8.72. The maximum atomic E-state index is 11.1. The highest BCUT2D eigenvalue weighted by Crippen LogP contribution is 2.15. The summed E-state index contributed by atoms with van der Waals surface area (Å²) in [6, 6.07) is 0.297. The molecule has 1 amide bonds. The van der Waals surface area contributed by atoms with Gasteiger partial charge < -0.3 is 19.3 Å². The van der Waals surface area contributed by atoms with Gasteiger partial charge in [-0.15, -0.1) is 0 Å². The number of carboxylic acid groups (broad SMARTS) is 1. The molecule has 0 atom stereocenters. The van der Waals surface area contributed by atoms with E-state index in [0.717, 1.165) is 6.26 Å². The van der Waals surface area contributed by atoms with Gasteiger partial charge in [-0.1, -0.05) is 0 Å². The van der Waals surface area contributed by atoms with Crippen LogP contribution >= 0.6 is 0 Å². The van der Waals surface area contributed by atoms with Crippen molar-refractivity contribution in [1.82, 2.24) is 9.88 Å². The standard InChI is InChI=1S/C10H13N3O4/c1-7(14)12-2-4-13(5-3-12)10-11-8(6-17-10)9(15)16/h6H,2-5H2,1H3,(H,15,16). The van der Waals surface area contributed by atoms with Gasteiger partial charge in [0, 0.05) is 33.1 Å². The van der Waals surface area contributed by atoms with Gasteiger partial charge in [0.05, 0.1) is 0 Å². The molecule has 1 aliphatic heterocycles. The number of nitrogens with zero attached hydrogens (tertiary/aromatic N) is 3. The van der Waals surface area contributed by atoms with Crippen LogP contribution in [0.4, 0.5) is 6.01 Å². The van der Waals surface area contributed by atoms with Crippen LogP contribution in [0.1, 0.15) is 17.4 Å². The van der Waals surface area contributed by atoms with Crippen molar-refractivity contribution in [3.8, 4) is 0 Å². The van der Waals surface area contributed by atoms with E-state index in [4.69, 9.17) is 9.52 Å². The van der Waals surface area contributed by atoms with Gasteiger partial charge in [0.25, 0.3) is 6.01 Å². The second-order valence-corrected chi connectivity index (χ2v) is 3.81. The summed E-state index contributed by atoms with van der Waals surface area (Å²) in [4.78, 5) is 29.2. The average molecular weight is 239 g/mol. The van der Waals surface area contributed by atoms with E-state index in [1.165, 1.54) is 6.92 Å². The Morgan fingerprint density at radius 1 is 1.35 bits per heavy atom. The number of piperazine rings is 1. The Hall–Kier alpha value is -2.05. The number of carboxylic acids is 1. The molecule has 0 unspecified atom stereocenters. The lowest BCUT2D eigenvalue weighted by atomic mass is 10.3. The molecule has 0 bridgehead atoms. The van der Waals surface area contributed by atoms with Crippen molar-refractivity contribution in [2.75, 3.05) is 31.1 Å². The molecular weight excluding hydrogens is 226 g/mol. The minimum atomic E-state index is -1.11. The minimum Gasteiger partial charge on any atom is -0.476 e. The van der Waals surface area contributed by atoms with E-state index >= 15 is 0 Å². The number of rotatable bonds is 2. The van der Waals surface area contributed by atoms with Gasteiger partial charge in [0.15, 0.2) is 5.69 Å². The highest BCUT2D eigenvalue weighted by molar-refractivity contribution is 5.85. The highest BCUT2D eigenvalue weighted by Gasteiger charge is 2.22. The van der Waals surface area contributed by atoms with E-state index in [1.54, 1.807) is 4.90 Å². The molecule has 92 valence electrons. The van der Waals surface area contributed by atoms with Gasteiger partial charge in [-0.05, 0) is 0 Å². The Bertz CT molecular complexity index is 435. The number of carbonyl (C=O) groups is 2. The van der Waals surface area contributed by atoms with Crippen molar-refractivity contribution >= 4 is 17.9 Å². The summed E-state index contributed by atoms with van der Waals surface area (Å²) in [6.45, 7) is 3.92. The van der Waals surface area contributed by atoms with Crippen molar-refractivity contribution in [2.45, 2.75) is 6.92 Å². The summed E-state index contributed by atoms with van der Waals surface area (Å²) >= 11 is 0. The third-order valence-corrected chi connectivity index (χ3v) is 2.71. The Morgan fingerprint density at radius 3 is 2.47 bits per heavy atom. The second kappa shape index (κ2) is 4.44. The molecule has 1 aromatic heterocycles. The summed E-state index contributed by atoms with van der Waals surface area (Å²) in [5.41, 5.74) is -0.103. The fourth-order valence-corrected chi connectivity index (χ4v) is 1.72. The number of oxazole rings is 1. The third kappa shape index (κ3) is 2.38. The van der Waals surface area contributed by atoms with Gasteiger partial charge in [-0.25, -0.2) is 4.79 Å². The molecule has 0 radical (unpaired) electrons. The zero-order valence-electron chi connectivity index (χ0n) is 9.42. The molecule has 0 aromatic carbocycles. The largest absolute Gasteiger partial charge is 0.476 e. The highest BCUT2D eigenvalue weighted by atomic mass is 16.4. The quantitative estimate of drug-likeness (QED) is 0.784. The summed E-state index contributed by atoms with van der Waals surface area (Å²) in [5.74, 6) is -1.06. The first-order valence-corrected chi connectivity index (χ1v) is 5.27. The van der Waals surface area contributed by atoms with Gasteiger partial charge in [-0.2, -0.15) is 4.98 Å². The van der Waals surface area contributed by atoms with Gasteiger partial charge in [0.1, 0.15) is 6.26 Å². The molecule has 7 heteroatoms. The predicted octanol–water partition coefficient (Wildman–Crippen LogP) is 0.0413. The number of aromatic nitrogens is 1. The third-order valence-electron chi connectivity index (χ3n) is 2.71. The normalized spacial score (nSPS) is 16.1. The van der Waals surface area contributed by atoms with E-state index in [-0.39, 0.29) is 11.6 Å². The Kier molecular flexibility index (Phi) is 2.99. The Labute approximate surface area is 97.6 Å². The Balaban J connectivity index is 2.00. The van der Waals surface area contributed by atoms with Crippen molar-refractivity contribution < 1.29 is 19.1 Å². The molecule has 17 heavy (non-hydrogen) atoms. The number of aromatic carboxylic acids is 1. The van der Waals surface area contributed by atoms with Crippen LogP contribution in [0.25, 0.3) is 0 Å². The molecule has 1 fully saturated rings. The van der Waals surface area contributed by atoms with Crippen LogP contribution in [0.15, 0.2) is 10.7 Å². The summed E-state index contributed by atoms with van der Waals surface area (Å²) in [6.07, 6.45) is 1.12. The van der Waals surface area contributed by atoms with Crippen molar-refractivity contribution in [1.29, 1.82) is 0 Å². The molecule has 1 aromatic rings. The van der Waals surface area contributed by atoms with Gasteiger partial charge >= 0.3 is 5.97 Å². The molecule has 0 aliphatic carbocycles. The van der Waals surface area contributed by atoms with Crippen molar-refractivity contribution in [3.05, 3.63) is 12.0 Å². The zero-order chi connectivity index (χ0) is 12.4. The number of hydrogen-bond acceptors (Lipinski definition) is 5. The smallest absolute Gasteiger partial charge is 0.357 e. The molecule has 1 saturated heterocycles. The fourth-order valence-electron chi connectivity index (χ4n) is 1.72. The first kappa shape index (κ1) is 11.4. The van der Waals surface area contributed by atoms with Crippen LogP contribution in [0.2, 0.25) is 0 Å². The molecule has 0 saturated carbocycles. The first-order chi connectivity index (χ1) is 8.08. The fraction of sp³-hybridized carbons (Fsp3) is 0.500. The van der Waals surface area contributed by atoms with E-state index in [0.29, 0.717) is 32.2 Å². The van der Waals surface area contributed by atoms with E-state index in [9.17, 15) is 9.59 Å². The van der Waals surface area contributed by atoms with Crippen LogP contribution in [-0.2, 0) is 4.79 Å². The van der Waals surface area contributed by atoms with Crippen LogP contribution in [0.5, 0.6) is 0 Å².